The minimum absolute atomic E-state index is 0.123. The van der Waals surface area contributed by atoms with E-state index in [0.29, 0.717) is 5.56 Å². The molecule has 0 saturated carbocycles. The van der Waals surface area contributed by atoms with Crippen molar-refractivity contribution >= 4 is 11.9 Å². The van der Waals surface area contributed by atoms with Crippen molar-refractivity contribution in [3.8, 4) is 16.9 Å². The van der Waals surface area contributed by atoms with E-state index in [4.69, 9.17) is 15.5 Å². The summed E-state index contributed by atoms with van der Waals surface area (Å²) in [5.41, 5.74) is 10.0. The van der Waals surface area contributed by atoms with E-state index >= 15 is 0 Å². The van der Waals surface area contributed by atoms with Crippen LogP contribution >= 0.6 is 0 Å². The molecule has 1 unspecified atom stereocenters. The molecule has 7 heteroatoms. The Kier molecular flexibility index (Phi) is 5.98. The zero-order chi connectivity index (χ0) is 25.3. The monoisotopic (exact) mass is 477 g/mol. The summed E-state index contributed by atoms with van der Waals surface area (Å²) in [6, 6.07) is 23.5. The van der Waals surface area contributed by atoms with Crippen LogP contribution in [0, 0.1) is 6.92 Å². The molecule has 0 fully saturated rings. The van der Waals surface area contributed by atoms with Gasteiger partial charge >= 0.3 is 0 Å². The van der Waals surface area contributed by atoms with Crippen molar-refractivity contribution in [1.29, 1.82) is 0 Å². The van der Waals surface area contributed by atoms with Gasteiger partial charge in [-0.3, -0.25) is 9.69 Å². The van der Waals surface area contributed by atoms with Gasteiger partial charge in [0.2, 0.25) is 0 Å². The Balaban J connectivity index is 1.57. The highest BCUT2D eigenvalue weighted by Crippen LogP contribution is 2.42. The van der Waals surface area contributed by atoms with Gasteiger partial charge in [0.25, 0.3) is 5.91 Å². The molecule has 0 radical (unpaired) electrons. The second kappa shape index (κ2) is 9.26. The number of nitrogens with two attached hydrogens (primary N) is 1. The van der Waals surface area contributed by atoms with Crippen LogP contribution in [0.2, 0.25) is 0 Å². The third kappa shape index (κ3) is 3.98. The predicted molar refractivity (Wildman–Crippen MR) is 139 cm³/mol. The number of benzene rings is 3. The van der Waals surface area contributed by atoms with Crippen LogP contribution in [0.4, 0.5) is 0 Å². The van der Waals surface area contributed by atoms with E-state index < -0.39 is 5.54 Å². The smallest absolute Gasteiger partial charge is 0.266 e. The van der Waals surface area contributed by atoms with E-state index in [0.717, 1.165) is 33.6 Å². The van der Waals surface area contributed by atoms with Gasteiger partial charge in [0.15, 0.2) is 11.5 Å². The maximum absolute atomic E-state index is 13.7. The number of nitrogens with zero attached hydrogens (tertiary/aromatic N) is 4. The van der Waals surface area contributed by atoms with Gasteiger partial charge in [0, 0.05) is 25.0 Å². The fourth-order valence-electron chi connectivity index (χ4n) is 4.55. The Morgan fingerprint density at radius 1 is 0.917 bits per heavy atom. The number of aromatic nitrogens is 2. The lowest BCUT2D eigenvalue weighted by Crippen LogP contribution is -2.41. The number of aliphatic imine (C=N–C) groups is 1. The average molecular weight is 478 g/mol. The van der Waals surface area contributed by atoms with E-state index in [-0.39, 0.29) is 18.0 Å². The first-order valence-corrected chi connectivity index (χ1v) is 11.7. The van der Waals surface area contributed by atoms with Gasteiger partial charge in [-0.05, 0) is 59.9 Å². The molecule has 1 aromatic heterocycles. The van der Waals surface area contributed by atoms with Crippen LogP contribution < -0.4 is 10.5 Å². The average Bonchev–Trinajstić information content (AvgIpc) is 3.15. The van der Waals surface area contributed by atoms with Crippen molar-refractivity contribution in [3.05, 3.63) is 114 Å². The Morgan fingerprint density at radius 3 is 2.31 bits per heavy atom. The molecule has 4 aromatic rings. The van der Waals surface area contributed by atoms with Crippen LogP contribution in [0.5, 0.6) is 5.75 Å². The van der Waals surface area contributed by atoms with Gasteiger partial charge in [-0.15, -0.1) is 0 Å². The number of amides is 1. The number of ether oxygens (including phenoxy) is 1. The molecular formula is C29H27N5O2. The highest BCUT2D eigenvalue weighted by molar-refractivity contribution is 6.09. The first-order chi connectivity index (χ1) is 17.4. The number of guanidine groups is 1. The standard InChI is InChI=1S/C29H27N5O2/c1-19-14-25(12-13-26(19)36-20(2)21-8-5-4-6-9-21)29(27(35)34(3)28(30)33-29)24-11-7-10-22(15-24)23-16-31-18-32-17-23/h4-18,20H,1-3H3,(H2,30,33)/t20-,29?/m1/s1. The minimum atomic E-state index is -1.31. The van der Waals surface area contributed by atoms with Gasteiger partial charge in [-0.25, -0.2) is 15.0 Å². The van der Waals surface area contributed by atoms with Crippen LogP contribution in [0.25, 0.3) is 11.1 Å². The largest absolute Gasteiger partial charge is 0.486 e. The molecule has 36 heavy (non-hydrogen) atoms. The quantitative estimate of drug-likeness (QED) is 0.437. The topological polar surface area (TPSA) is 93.7 Å². The van der Waals surface area contributed by atoms with E-state index in [9.17, 15) is 4.79 Å². The summed E-state index contributed by atoms with van der Waals surface area (Å²) >= 11 is 0. The zero-order valence-corrected chi connectivity index (χ0v) is 20.4. The summed E-state index contributed by atoms with van der Waals surface area (Å²) in [6.07, 6.45) is 4.84. The summed E-state index contributed by atoms with van der Waals surface area (Å²) in [4.78, 5) is 28.1. The highest BCUT2D eigenvalue weighted by atomic mass is 16.5. The van der Waals surface area contributed by atoms with Gasteiger partial charge in [0.05, 0.1) is 0 Å². The van der Waals surface area contributed by atoms with Crippen molar-refractivity contribution < 1.29 is 9.53 Å². The molecular weight excluding hydrogens is 450 g/mol. The van der Waals surface area contributed by atoms with Crippen molar-refractivity contribution in [3.63, 3.8) is 0 Å². The summed E-state index contributed by atoms with van der Waals surface area (Å²) in [6.45, 7) is 3.99. The predicted octanol–water partition coefficient (Wildman–Crippen LogP) is 4.62. The first kappa shape index (κ1) is 23.2. The molecule has 1 aliphatic heterocycles. The summed E-state index contributed by atoms with van der Waals surface area (Å²) in [7, 11) is 1.64. The van der Waals surface area contributed by atoms with Crippen molar-refractivity contribution in [2.45, 2.75) is 25.5 Å². The molecule has 0 bridgehead atoms. The molecule has 0 spiro atoms. The SMILES string of the molecule is Cc1cc(C2(c3cccc(-c4cncnc4)c3)N=C(N)N(C)C2=O)ccc1O[C@H](C)c1ccccc1. The van der Waals surface area contributed by atoms with Crippen LogP contribution in [0.15, 0.2) is 96.5 Å². The van der Waals surface area contributed by atoms with E-state index in [1.807, 2.05) is 86.6 Å². The maximum atomic E-state index is 13.7. The molecule has 1 aliphatic rings. The van der Waals surface area contributed by atoms with Gasteiger partial charge in [-0.1, -0.05) is 54.6 Å². The third-order valence-electron chi connectivity index (χ3n) is 6.58. The van der Waals surface area contributed by atoms with Crippen LogP contribution in [0.1, 0.15) is 35.3 Å². The summed E-state index contributed by atoms with van der Waals surface area (Å²) in [5.74, 6) is 0.701. The number of rotatable bonds is 6. The Morgan fingerprint density at radius 2 is 1.64 bits per heavy atom. The van der Waals surface area contributed by atoms with Crippen LogP contribution in [-0.2, 0) is 10.3 Å². The lowest BCUT2D eigenvalue weighted by molar-refractivity contribution is -0.129. The normalized spacial score (nSPS) is 18.1. The third-order valence-corrected chi connectivity index (χ3v) is 6.58. The molecule has 7 nitrogen and oxygen atoms in total. The van der Waals surface area contributed by atoms with Crippen molar-refractivity contribution in [2.24, 2.45) is 10.7 Å². The lowest BCUT2D eigenvalue weighted by Gasteiger charge is -2.27. The molecule has 0 saturated heterocycles. The second-order valence-electron chi connectivity index (χ2n) is 8.90. The summed E-state index contributed by atoms with van der Waals surface area (Å²) in [5, 5.41) is 0. The fourth-order valence-corrected chi connectivity index (χ4v) is 4.55. The van der Waals surface area contributed by atoms with E-state index in [2.05, 4.69) is 9.97 Å². The second-order valence-corrected chi connectivity index (χ2v) is 8.90. The Labute approximate surface area is 210 Å². The highest BCUT2D eigenvalue weighted by Gasteiger charge is 2.49. The molecule has 1 amide bonds. The first-order valence-electron chi connectivity index (χ1n) is 11.7. The molecule has 0 aliphatic carbocycles. The van der Waals surface area contributed by atoms with E-state index in [1.54, 1.807) is 19.4 Å². The van der Waals surface area contributed by atoms with Crippen molar-refractivity contribution in [1.82, 2.24) is 14.9 Å². The number of hydrogen-bond donors (Lipinski definition) is 1. The number of hydrogen-bond acceptors (Lipinski definition) is 6. The van der Waals surface area contributed by atoms with Gasteiger partial charge in [-0.2, -0.15) is 0 Å². The number of aryl methyl sites for hydroxylation is 1. The Bertz CT molecular complexity index is 1440. The van der Waals surface area contributed by atoms with Gasteiger partial charge in [0.1, 0.15) is 18.2 Å². The molecule has 180 valence electrons. The van der Waals surface area contributed by atoms with E-state index in [1.165, 1.54) is 11.2 Å². The lowest BCUT2D eigenvalue weighted by atomic mass is 9.81. The molecule has 2 N–H and O–H groups in total. The molecule has 3 aromatic carbocycles. The molecule has 2 atom stereocenters. The fraction of sp³-hybridized carbons (Fsp3) is 0.172. The number of carbonyl (C=O) groups excluding carboxylic acids is 1. The number of carbonyl (C=O) groups is 1. The minimum Gasteiger partial charge on any atom is -0.486 e. The van der Waals surface area contributed by atoms with Gasteiger partial charge < -0.3 is 10.5 Å². The van der Waals surface area contributed by atoms with Crippen LogP contribution in [0.3, 0.4) is 0 Å². The summed E-state index contributed by atoms with van der Waals surface area (Å²) < 4.78 is 6.26. The van der Waals surface area contributed by atoms with Crippen molar-refractivity contribution in [2.75, 3.05) is 7.05 Å². The molecule has 2 heterocycles. The van der Waals surface area contributed by atoms with Crippen LogP contribution in [-0.4, -0.2) is 33.8 Å². The Hall–Kier alpha value is -4.52. The zero-order valence-electron chi connectivity index (χ0n) is 20.4. The molecule has 5 rings (SSSR count). The maximum Gasteiger partial charge on any atom is 0.266 e. The number of likely N-dealkylation sites (N-methyl/N-ethyl adjacent to an activating group) is 1.